The van der Waals surface area contributed by atoms with Gasteiger partial charge in [-0.3, -0.25) is 9.48 Å². The average molecular weight is 368 g/mol. The molecule has 1 aromatic carbocycles. The molecule has 0 aliphatic rings. The molecule has 1 heterocycles. The highest BCUT2D eigenvalue weighted by molar-refractivity contribution is 5.98. The van der Waals surface area contributed by atoms with Crippen LogP contribution in [0.15, 0.2) is 18.2 Å². The number of anilines is 2. The highest BCUT2D eigenvalue weighted by Crippen LogP contribution is 2.35. The number of carbonyl (C=O) groups excluding carboxylic acids is 1. The molecule has 0 bridgehead atoms. The number of hydrogen-bond acceptors (Lipinski definition) is 3. The first-order valence-corrected chi connectivity index (χ1v) is 8.13. The van der Waals surface area contributed by atoms with Crippen molar-refractivity contribution in [1.29, 1.82) is 0 Å². The molecule has 0 radical (unpaired) electrons. The Bertz CT molecular complexity index is 825. The minimum Gasteiger partial charge on any atom is -0.376 e. The van der Waals surface area contributed by atoms with Gasteiger partial charge >= 0.3 is 6.18 Å². The summed E-state index contributed by atoms with van der Waals surface area (Å²) in [7, 11) is 5.20. The third-order valence-electron chi connectivity index (χ3n) is 4.45. The molecule has 8 heteroatoms. The number of aromatic nitrogens is 2. The van der Waals surface area contributed by atoms with E-state index in [0.717, 1.165) is 29.1 Å². The first kappa shape index (κ1) is 19.8. The smallest absolute Gasteiger partial charge is 0.376 e. The fraction of sp³-hybridized carbons (Fsp3) is 0.444. The lowest BCUT2D eigenvalue weighted by Gasteiger charge is -2.21. The van der Waals surface area contributed by atoms with Gasteiger partial charge in [0.1, 0.15) is 0 Å². The maximum absolute atomic E-state index is 13.0. The molecule has 5 nitrogen and oxygen atoms in total. The van der Waals surface area contributed by atoms with Crippen LogP contribution in [0.5, 0.6) is 0 Å². The quantitative estimate of drug-likeness (QED) is 0.891. The van der Waals surface area contributed by atoms with Gasteiger partial charge < -0.3 is 10.2 Å². The summed E-state index contributed by atoms with van der Waals surface area (Å²) in [5.74, 6) is -0.931. The molecule has 0 fully saturated rings. The van der Waals surface area contributed by atoms with Gasteiger partial charge in [0.05, 0.1) is 28.6 Å². The SMILES string of the molecule is Cc1nn(C)c(C)c1[C@@H](C)C(=O)Nc1cc(C(F)(F)F)ccc1N(C)C. The number of rotatable bonds is 4. The van der Waals surface area contributed by atoms with Crippen LogP contribution in [0.4, 0.5) is 24.5 Å². The van der Waals surface area contributed by atoms with E-state index in [2.05, 4.69) is 10.4 Å². The maximum Gasteiger partial charge on any atom is 0.416 e. The van der Waals surface area contributed by atoms with Gasteiger partial charge in [-0.25, -0.2) is 0 Å². The van der Waals surface area contributed by atoms with Gasteiger partial charge in [-0.1, -0.05) is 0 Å². The molecule has 0 aliphatic carbocycles. The largest absolute Gasteiger partial charge is 0.416 e. The van der Waals surface area contributed by atoms with Crippen molar-refractivity contribution >= 4 is 17.3 Å². The van der Waals surface area contributed by atoms with Crippen LogP contribution in [-0.4, -0.2) is 29.8 Å². The van der Waals surface area contributed by atoms with Crippen molar-refractivity contribution in [2.75, 3.05) is 24.3 Å². The Kier molecular flexibility index (Phi) is 5.34. The van der Waals surface area contributed by atoms with E-state index in [-0.39, 0.29) is 11.6 Å². The summed E-state index contributed by atoms with van der Waals surface area (Å²) in [5, 5.41) is 6.94. The number of benzene rings is 1. The summed E-state index contributed by atoms with van der Waals surface area (Å²) >= 11 is 0. The zero-order valence-corrected chi connectivity index (χ0v) is 15.7. The van der Waals surface area contributed by atoms with Gasteiger partial charge in [-0.05, 0) is 39.0 Å². The Balaban J connectivity index is 2.38. The second-order valence-electron chi connectivity index (χ2n) is 6.54. The van der Waals surface area contributed by atoms with E-state index in [1.54, 1.807) is 37.6 Å². The Morgan fingerprint density at radius 1 is 1.27 bits per heavy atom. The Morgan fingerprint density at radius 3 is 2.35 bits per heavy atom. The Hall–Kier alpha value is -2.51. The number of halogens is 3. The Labute approximate surface area is 150 Å². The summed E-state index contributed by atoms with van der Waals surface area (Å²) in [5.41, 5.74) is 2.17. The summed E-state index contributed by atoms with van der Waals surface area (Å²) in [6.07, 6.45) is -4.48. The number of nitrogens with zero attached hydrogens (tertiary/aromatic N) is 3. The molecule has 0 saturated carbocycles. The lowest BCUT2D eigenvalue weighted by atomic mass is 9.98. The third kappa shape index (κ3) is 3.84. The van der Waals surface area contributed by atoms with E-state index in [1.807, 2.05) is 13.8 Å². The number of nitrogens with one attached hydrogen (secondary N) is 1. The molecule has 1 amide bonds. The molecular formula is C18H23F3N4O. The van der Waals surface area contributed by atoms with Crippen molar-refractivity contribution in [3.8, 4) is 0 Å². The van der Waals surface area contributed by atoms with Crippen LogP contribution < -0.4 is 10.2 Å². The van der Waals surface area contributed by atoms with Crippen molar-refractivity contribution < 1.29 is 18.0 Å². The standard InChI is InChI=1S/C18H23F3N4O/c1-10(16-11(2)23-25(6)12(16)3)17(26)22-14-9-13(18(19,20)21)7-8-15(14)24(4)5/h7-10H,1-6H3,(H,22,26)/t10-/m1/s1. The highest BCUT2D eigenvalue weighted by atomic mass is 19.4. The molecule has 26 heavy (non-hydrogen) atoms. The minimum atomic E-state index is -4.48. The molecule has 1 aromatic heterocycles. The van der Waals surface area contributed by atoms with Crippen molar-refractivity contribution in [3.63, 3.8) is 0 Å². The number of aryl methyl sites for hydroxylation is 2. The number of carbonyl (C=O) groups is 1. The monoisotopic (exact) mass is 368 g/mol. The van der Waals surface area contributed by atoms with Crippen molar-refractivity contribution in [2.45, 2.75) is 32.9 Å². The summed E-state index contributed by atoms with van der Waals surface area (Å²) in [6, 6.07) is 3.32. The fourth-order valence-corrected chi connectivity index (χ4v) is 2.99. The van der Waals surface area contributed by atoms with Crippen LogP contribution in [0.3, 0.4) is 0 Å². The first-order chi connectivity index (χ1) is 11.9. The number of alkyl halides is 3. The predicted molar refractivity (Wildman–Crippen MR) is 95.5 cm³/mol. The molecule has 0 saturated heterocycles. The molecule has 0 aliphatic heterocycles. The summed E-state index contributed by atoms with van der Waals surface area (Å²) in [6.45, 7) is 5.38. The van der Waals surface area contributed by atoms with Gasteiger partial charge in [-0.15, -0.1) is 0 Å². The van der Waals surface area contributed by atoms with E-state index in [4.69, 9.17) is 0 Å². The molecule has 2 aromatic rings. The lowest BCUT2D eigenvalue weighted by Crippen LogP contribution is -2.22. The number of hydrogen-bond donors (Lipinski definition) is 1. The van der Waals surface area contributed by atoms with Gasteiger partial charge in [-0.2, -0.15) is 18.3 Å². The second-order valence-corrected chi connectivity index (χ2v) is 6.54. The van der Waals surface area contributed by atoms with Gasteiger partial charge in [0.15, 0.2) is 0 Å². The van der Waals surface area contributed by atoms with Crippen LogP contribution in [0, 0.1) is 13.8 Å². The average Bonchev–Trinajstić information content (AvgIpc) is 2.78. The third-order valence-corrected chi connectivity index (χ3v) is 4.45. The lowest BCUT2D eigenvalue weighted by molar-refractivity contribution is -0.137. The predicted octanol–water partition coefficient (Wildman–Crippen LogP) is 3.86. The van der Waals surface area contributed by atoms with E-state index >= 15 is 0 Å². The zero-order chi connectivity index (χ0) is 19.8. The van der Waals surface area contributed by atoms with Gasteiger partial charge in [0.25, 0.3) is 0 Å². The second kappa shape index (κ2) is 7.01. The van der Waals surface area contributed by atoms with Crippen LogP contribution in [0.1, 0.15) is 35.4 Å². The summed E-state index contributed by atoms with van der Waals surface area (Å²) in [4.78, 5) is 14.4. The van der Waals surface area contributed by atoms with Crippen molar-refractivity contribution in [1.82, 2.24) is 9.78 Å². The van der Waals surface area contributed by atoms with E-state index in [9.17, 15) is 18.0 Å². The molecule has 0 unspecified atom stereocenters. The maximum atomic E-state index is 13.0. The van der Waals surface area contributed by atoms with Gasteiger partial charge in [0, 0.05) is 32.4 Å². The van der Waals surface area contributed by atoms with E-state index < -0.39 is 17.7 Å². The minimum absolute atomic E-state index is 0.126. The Morgan fingerprint density at radius 2 is 1.88 bits per heavy atom. The van der Waals surface area contributed by atoms with E-state index in [0.29, 0.717) is 5.69 Å². The molecule has 2 rings (SSSR count). The van der Waals surface area contributed by atoms with Gasteiger partial charge in [0.2, 0.25) is 5.91 Å². The molecule has 1 N–H and O–H groups in total. The van der Waals surface area contributed by atoms with Crippen LogP contribution in [-0.2, 0) is 18.0 Å². The van der Waals surface area contributed by atoms with Crippen LogP contribution in [0.2, 0.25) is 0 Å². The van der Waals surface area contributed by atoms with Crippen molar-refractivity contribution in [2.24, 2.45) is 7.05 Å². The topological polar surface area (TPSA) is 50.2 Å². The zero-order valence-electron chi connectivity index (χ0n) is 15.7. The first-order valence-electron chi connectivity index (χ1n) is 8.13. The molecule has 1 atom stereocenters. The van der Waals surface area contributed by atoms with Crippen LogP contribution >= 0.6 is 0 Å². The van der Waals surface area contributed by atoms with Crippen molar-refractivity contribution in [3.05, 3.63) is 40.7 Å². The number of amides is 1. The summed E-state index contributed by atoms with van der Waals surface area (Å²) < 4.78 is 40.8. The molecule has 0 spiro atoms. The molecular weight excluding hydrogens is 345 g/mol. The van der Waals surface area contributed by atoms with Crippen LogP contribution in [0.25, 0.3) is 0 Å². The normalized spacial score (nSPS) is 12.8. The highest BCUT2D eigenvalue weighted by Gasteiger charge is 2.32. The molecule has 142 valence electrons. The van der Waals surface area contributed by atoms with E-state index in [1.165, 1.54) is 6.07 Å². The fourth-order valence-electron chi connectivity index (χ4n) is 2.99.